The first-order valence-corrected chi connectivity index (χ1v) is 12.5. The quantitative estimate of drug-likeness (QED) is 0.371. The molecule has 0 amide bonds. The predicted molar refractivity (Wildman–Crippen MR) is 130 cm³/mol. The van der Waals surface area contributed by atoms with Crippen LogP contribution in [0.4, 0.5) is 0 Å². The van der Waals surface area contributed by atoms with E-state index in [1.165, 1.54) is 24.4 Å². The van der Waals surface area contributed by atoms with Gasteiger partial charge in [-0.3, -0.25) is 4.90 Å². The topological polar surface area (TPSA) is 92.1 Å². The first-order chi connectivity index (χ1) is 16.4. The van der Waals surface area contributed by atoms with Gasteiger partial charge in [-0.25, -0.2) is 17.2 Å². The van der Waals surface area contributed by atoms with Crippen LogP contribution < -0.4 is 4.74 Å². The molecule has 1 N–H and O–H groups in total. The van der Waals surface area contributed by atoms with Crippen LogP contribution in [0.5, 0.6) is 5.75 Å². The molecular weight excluding hydrogens is 454 g/mol. The van der Waals surface area contributed by atoms with E-state index < -0.39 is 16.0 Å². The van der Waals surface area contributed by atoms with Crippen molar-refractivity contribution in [1.29, 1.82) is 0 Å². The summed E-state index contributed by atoms with van der Waals surface area (Å²) in [5, 5.41) is 9.90. The predicted octanol–water partition coefficient (Wildman–Crippen LogP) is 2.60. The number of ether oxygens (including phenoxy) is 1. The number of aromatic carboxylic acids is 1. The molecule has 4 rings (SSSR count). The molecule has 0 aliphatic carbocycles. The lowest BCUT2D eigenvalue weighted by atomic mass is 10.2. The van der Waals surface area contributed by atoms with Gasteiger partial charge < -0.3 is 14.7 Å². The molecule has 8 nitrogen and oxygen atoms in total. The number of carboxylic acid groups (broad SMARTS) is 1. The Morgan fingerprint density at radius 3 is 2.56 bits per heavy atom. The maximum atomic E-state index is 13.1. The first kappa shape index (κ1) is 23.8. The average molecular weight is 482 g/mol. The van der Waals surface area contributed by atoms with Crippen molar-refractivity contribution in [2.24, 2.45) is 0 Å². The zero-order chi connectivity index (χ0) is 24.1. The molecule has 1 fully saturated rings. The summed E-state index contributed by atoms with van der Waals surface area (Å²) < 4.78 is 33.3. The molecule has 34 heavy (non-hydrogen) atoms. The fraction of sp³-hybridized carbons (Fsp3) is 0.320. The average Bonchev–Trinajstić information content (AvgIpc) is 3.27. The summed E-state index contributed by atoms with van der Waals surface area (Å²) in [6.45, 7) is 6.21. The van der Waals surface area contributed by atoms with Crippen molar-refractivity contribution in [3.05, 3.63) is 60.3 Å². The molecule has 2 heterocycles. The van der Waals surface area contributed by atoms with Crippen LogP contribution in [0.15, 0.2) is 59.6 Å². The summed E-state index contributed by atoms with van der Waals surface area (Å²) in [4.78, 5) is 15.8. The van der Waals surface area contributed by atoms with Gasteiger partial charge in [-0.1, -0.05) is 12.0 Å². The number of fused-ring (bicyclic) bond motifs is 1. The van der Waals surface area contributed by atoms with Crippen molar-refractivity contribution >= 4 is 26.9 Å². The van der Waals surface area contributed by atoms with Crippen molar-refractivity contribution in [1.82, 2.24) is 13.8 Å². The molecule has 2 aromatic carbocycles. The smallest absolute Gasteiger partial charge is 0.335 e. The maximum Gasteiger partial charge on any atom is 0.335 e. The third-order valence-corrected chi connectivity index (χ3v) is 7.62. The van der Waals surface area contributed by atoms with E-state index in [2.05, 4.69) is 15.7 Å². The molecule has 9 heteroatoms. The molecule has 0 saturated carbocycles. The highest BCUT2D eigenvalue weighted by Gasteiger charge is 2.20. The second-order valence-electron chi connectivity index (χ2n) is 8.19. The van der Waals surface area contributed by atoms with E-state index in [9.17, 15) is 18.3 Å². The summed E-state index contributed by atoms with van der Waals surface area (Å²) >= 11 is 0. The van der Waals surface area contributed by atoms with Gasteiger partial charge in [-0.15, -0.1) is 6.42 Å². The Labute approximate surface area is 199 Å². The van der Waals surface area contributed by atoms with Crippen LogP contribution in [0.3, 0.4) is 0 Å². The lowest BCUT2D eigenvalue weighted by molar-refractivity contribution is 0.0696. The molecule has 0 bridgehead atoms. The van der Waals surface area contributed by atoms with Crippen molar-refractivity contribution < 1.29 is 23.1 Å². The lowest BCUT2D eigenvalue weighted by Gasteiger charge is -2.33. The third-order valence-electron chi connectivity index (χ3n) is 5.93. The Morgan fingerprint density at radius 2 is 1.82 bits per heavy atom. The molecule has 1 aliphatic heterocycles. The zero-order valence-electron chi connectivity index (χ0n) is 18.8. The van der Waals surface area contributed by atoms with Crippen LogP contribution in [0.25, 0.3) is 10.9 Å². The van der Waals surface area contributed by atoms with Gasteiger partial charge in [0.15, 0.2) is 0 Å². The monoisotopic (exact) mass is 481 g/mol. The Bertz CT molecular complexity index is 1320. The number of rotatable bonds is 9. The molecule has 1 aromatic heterocycles. The van der Waals surface area contributed by atoms with E-state index in [-0.39, 0.29) is 10.5 Å². The number of terminal acetylenes is 1. The van der Waals surface area contributed by atoms with Crippen LogP contribution in [0.2, 0.25) is 0 Å². The standard InChI is InChI=1S/C25H27N3O5S/c1-2-10-26-13-15-27(16-14-26)11-4-17-33-22-7-8-24-20(18-22)9-12-28(24)34(31,32)23-6-3-5-21(19-23)25(29)30/h1,3,5-9,12,18-19H,4,10-11,13-17H2,(H,29,30). The number of aromatic nitrogens is 1. The maximum absolute atomic E-state index is 13.1. The molecule has 0 unspecified atom stereocenters. The minimum atomic E-state index is -3.94. The fourth-order valence-corrected chi connectivity index (χ4v) is 5.48. The van der Waals surface area contributed by atoms with Gasteiger partial charge in [-0.05, 0) is 48.9 Å². The number of hydrogen-bond donors (Lipinski definition) is 1. The van der Waals surface area contributed by atoms with E-state index in [1.54, 1.807) is 18.2 Å². The minimum Gasteiger partial charge on any atom is -0.494 e. The van der Waals surface area contributed by atoms with Gasteiger partial charge in [-0.2, -0.15) is 0 Å². The van der Waals surface area contributed by atoms with Gasteiger partial charge in [0, 0.05) is 44.3 Å². The molecular formula is C25H27N3O5S. The highest BCUT2D eigenvalue weighted by Crippen LogP contribution is 2.26. The van der Waals surface area contributed by atoms with Crippen molar-refractivity contribution in [3.63, 3.8) is 0 Å². The van der Waals surface area contributed by atoms with E-state index in [1.807, 2.05) is 6.07 Å². The molecule has 178 valence electrons. The molecule has 0 spiro atoms. The Kier molecular flexibility index (Phi) is 7.22. The van der Waals surface area contributed by atoms with E-state index in [4.69, 9.17) is 11.2 Å². The molecule has 0 radical (unpaired) electrons. The number of benzene rings is 2. The van der Waals surface area contributed by atoms with Crippen molar-refractivity contribution in [3.8, 4) is 18.1 Å². The largest absolute Gasteiger partial charge is 0.494 e. The SMILES string of the molecule is C#CCN1CCN(CCCOc2ccc3c(ccn3S(=O)(=O)c3cccc(C(=O)O)c3)c2)CC1. The Balaban J connectivity index is 1.37. The summed E-state index contributed by atoms with van der Waals surface area (Å²) in [7, 11) is -3.94. The fourth-order valence-electron chi connectivity index (χ4n) is 4.08. The minimum absolute atomic E-state index is 0.0784. The van der Waals surface area contributed by atoms with Crippen LogP contribution in [-0.2, 0) is 10.0 Å². The zero-order valence-corrected chi connectivity index (χ0v) is 19.6. The van der Waals surface area contributed by atoms with Gasteiger partial charge in [0.25, 0.3) is 10.0 Å². The molecule has 3 aromatic rings. The Hall–Kier alpha value is -3.32. The van der Waals surface area contributed by atoms with E-state index >= 15 is 0 Å². The second kappa shape index (κ2) is 10.3. The summed E-state index contributed by atoms with van der Waals surface area (Å²) in [6, 6.07) is 12.3. The van der Waals surface area contributed by atoms with Crippen molar-refractivity contribution in [2.45, 2.75) is 11.3 Å². The molecule has 0 atom stereocenters. The van der Waals surface area contributed by atoms with Gasteiger partial charge in [0.05, 0.1) is 29.1 Å². The molecule has 1 aliphatic rings. The number of nitrogens with zero attached hydrogens (tertiary/aromatic N) is 3. The summed E-state index contributed by atoms with van der Waals surface area (Å²) in [6.07, 6.45) is 7.73. The Morgan fingerprint density at radius 1 is 1.06 bits per heavy atom. The van der Waals surface area contributed by atoms with Gasteiger partial charge in [0.1, 0.15) is 5.75 Å². The van der Waals surface area contributed by atoms with Crippen LogP contribution in [0.1, 0.15) is 16.8 Å². The molecule has 1 saturated heterocycles. The summed E-state index contributed by atoms with van der Waals surface area (Å²) in [5.74, 6) is 2.19. The van der Waals surface area contributed by atoms with Gasteiger partial charge in [0.2, 0.25) is 0 Å². The van der Waals surface area contributed by atoms with E-state index in [0.29, 0.717) is 24.4 Å². The second-order valence-corrected chi connectivity index (χ2v) is 10.0. The highest BCUT2D eigenvalue weighted by atomic mass is 32.2. The van der Waals surface area contributed by atoms with E-state index in [0.717, 1.165) is 54.6 Å². The van der Waals surface area contributed by atoms with Crippen LogP contribution in [-0.4, -0.2) is 79.1 Å². The van der Waals surface area contributed by atoms with Crippen molar-refractivity contribution in [2.75, 3.05) is 45.9 Å². The highest BCUT2D eigenvalue weighted by molar-refractivity contribution is 7.90. The third kappa shape index (κ3) is 5.25. The van der Waals surface area contributed by atoms with Crippen LogP contribution in [0, 0.1) is 12.3 Å². The van der Waals surface area contributed by atoms with Gasteiger partial charge >= 0.3 is 5.97 Å². The number of piperazine rings is 1. The summed E-state index contributed by atoms with van der Waals surface area (Å²) in [5.41, 5.74) is 0.417. The first-order valence-electron chi connectivity index (χ1n) is 11.1. The lowest BCUT2D eigenvalue weighted by Crippen LogP contribution is -2.46. The number of hydrogen-bond acceptors (Lipinski definition) is 6. The normalized spacial score (nSPS) is 15.3. The number of carbonyl (C=O) groups is 1. The van der Waals surface area contributed by atoms with Crippen LogP contribution >= 0.6 is 0 Å². The number of carboxylic acids is 1.